The highest BCUT2D eigenvalue weighted by atomic mass is 19.1. The van der Waals surface area contributed by atoms with Gasteiger partial charge in [0.25, 0.3) is 5.91 Å². The maximum absolute atomic E-state index is 13.0. The van der Waals surface area contributed by atoms with E-state index in [0.717, 1.165) is 43.7 Å². The Labute approximate surface area is 175 Å². The summed E-state index contributed by atoms with van der Waals surface area (Å²) in [4.78, 5) is 23.3. The Bertz CT molecular complexity index is 972. The first-order valence-corrected chi connectivity index (χ1v) is 10.1. The van der Waals surface area contributed by atoms with Crippen LogP contribution in [0.5, 0.6) is 0 Å². The number of halogens is 1. The number of hydrogen-bond acceptors (Lipinski definition) is 5. The first-order chi connectivity index (χ1) is 14.7. The minimum absolute atomic E-state index is 0.0791. The summed E-state index contributed by atoms with van der Waals surface area (Å²) in [6, 6.07) is 15.9. The van der Waals surface area contributed by atoms with Crippen molar-refractivity contribution in [2.24, 2.45) is 0 Å². The van der Waals surface area contributed by atoms with Gasteiger partial charge in [-0.25, -0.2) is 14.4 Å². The molecule has 0 spiro atoms. The van der Waals surface area contributed by atoms with E-state index in [-0.39, 0.29) is 17.8 Å². The number of aromatic nitrogens is 2. The molecule has 0 atom stereocenters. The normalized spacial score (nSPS) is 15.0. The minimum atomic E-state index is -0.212. The lowest BCUT2D eigenvalue weighted by Crippen LogP contribution is -2.44. The van der Waals surface area contributed by atoms with Crippen molar-refractivity contribution >= 4 is 17.5 Å². The van der Waals surface area contributed by atoms with Crippen molar-refractivity contribution < 1.29 is 9.18 Å². The quantitative estimate of drug-likeness (QED) is 0.654. The molecule has 1 aliphatic heterocycles. The lowest BCUT2D eigenvalue weighted by atomic mass is 10.0. The molecule has 3 aromatic rings. The summed E-state index contributed by atoms with van der Waals surface area (Å²) in [6.07, 6.45) is 5.11. The fourth-order valence-electron chi connectivity index (χ4n) is 3.58. The molecule has 154 valence electrons. The highest BCUT2D eigenvalue weighted by Crippen LogP contribution is 2.17. The monoisotopic (exact) mass is 405 g/mol. The van der Waals surface area contributed by atoms with Crippen LogP contribution < -0.4 is 10.6 Å². The van der Waals surface area contributed by atoms with Crippen LogP contribution in [0.2, 0.25) is 0 Å². The van der Waals surface area contributed by atoms with E-state index in [1.165, 1.54) is 12.1 Å². The molecule has 2 heterocycles. The Morgan fingerprint density at radius 2 is 1.77 bits per heavy atom. The van der Waals surface area contributed by atoms with Crippen LogP contribution >= 0.6 is 0 Å². The van der Waals surface area contributed by atoms with Crippen molar-refractivity contribution in [3.8, 4) is 0 Å². The molecular formula is C23H24FN5O. The molecule has 0 unspecified atom stereocenters. The van der Waals surface area contributed by atoms with Gasteiger partial charge in [0.15, 0.2) is 0 Å². The molecule has 1 amide bonds. The van der Waals surface area contributed by atoms with E-state index in [1.807, 2.05) is 24.3 Å². The number of benzene rings is 2. The maximum Gasteiger partial charge on any atom is 0.251 e. The van der Waals surface area contributed by atoms with Crippen LogP contribution in [0.4, 0.5) is 16.0 Å². The van der Waals surface area contributed by atoms with Crippen LogP contribution in [-0.4, -0.2) is 39.9 Å². The van der Waals surface area contributed by atoms with Gasteiger partial charge in [0, 0.05) is 49.3 Å². The van der Waals surface area contributed by atoms with Gasteiger partial charge in [-0.1, -0.05) is 18.2 Å². The number of rotatable bonds is 6. The van der Waals surface area contributed by atoms with E-state index in [2.05, 4.69) is 25.5 Å². The molecule has 0 aliphatic carbocycles. The van der Waals surface area contributed by atoms with E-state index in [4.69, 9.17) is 0 Å². The smallest absolute Gasteiger partial charge is 0.251 e. The summed E-state index contributed by atoms with van der Waals surface area (Å²) in [6.45, 7) is 2.60. The minimum Gasteiger partial charge on any atom is -0.349 e. The van der Waals surface area contributed by atoms with Gasteiger partial charge in [-0.3, -0.25) is 9.69 Å². The van der Waals surface area contributed by atoms with E-state index in [9.17, 15) is 9.18 Å². The molecule has 0 bridgehead atoms. The average Bonchev–Trinajstić information content (AvgIpc) is 2.77. The summed E-state index contributed by atoms with van der Waals surface area (Å²) in [7, 11) is 0. The van der Waals surface area contributed by atoms with Crippen LogP contribution in [0, 0.1) is 5.82 Å². The lowest BCUT2D eigenvalue weighted by Gasteiger charge is -2.32. The van der Waals surface area contributed by atoms with Gasteiger partial charge in [-0.05, 0) is 54.8 Å². The summed E-state index contributed by atoms with van der Waals surface area (Å²) in [5.41, 5.74) is 2.47. The predicted molar refractivity (Wildman–Crippen MR) is 114 cm³/mol. The Hall–Kier alpha value is -3.32. The molecule has 1 saturated heterocycles. The molecule has 0 saturated carbocycles. The molecule has 1 fully saturated rings. The van der Waals surface area contributed by atoms with Gasteiger partial charge in [-0.2, -0.15) is 0 Å². The third-order valence-electron chi connectivity index (χ3n) is 5.19. The summed E-state index contributed by atoms with van der Waals surface area (Å²) in [5, 5.41) is 6.25. The number of anilines is 2. The Balaban J connectivity index is 1.28. The molecule has 4 rings (SSSR count). The largest absolute Gasteiger partial charge is 0.349 e. The molecule has 7 heteroatoms. The fraction of sp³-hybridized carbons (Fsp3) is 0.261. The third-order valence-corrected chi connectivity index (χ3v) is 5.19. The number of nitrogens with one attached hydrogen (secondary N) is 2. The molecular weight excluding hydrogens is 381 g/mol. The molecule has 0 radical (unpaired) electrons. The summed E-state index contributed by atoms with van der Waals surface area (Å²) in [5.74, 6) is 0.198. The van der Waals surface area contributed by atoms with Gasteiger partial charge in [0.2, 0.25) is 5.95 Å². The third kappa shape index (κ3) is 5.39. The van der Waals surface area contributed by atoms with Crippen LogP contribution in [0.25, 0.3) is 0 Å². The van der Waals surface area contributed by atoms with Crippen molar-refractivity contribution in [2.45, 2.75) is 25.4 Å². The number of carbonyl (C=O) groups excluding carboxylic acids is 1. The van der Waals surface area contributed by atoms with Crippen molar-refractivity contribution in [3.05, 3.63) is 83.9 Å². The van der Waals surface area contributed by atoms with Gasteiger partial charge in [-0.15, -0.1) is 0 Å². The SMILES string of the molecule is O=C(NC1CCN(Cc2ccc(F)cc2)CC1)c1cccc(Nc2ncccn2)c1. The molecule has 1 aromatic heterocycles. The zero-order valence-corrected chi connectivity index (χ0v) is 16.6. The summed E-state index contributed by atoms with van der Waals surface area (Å²) < 4.78 is 13.0. The molecule has 30 heavy (non-hydrogen) atoms. The van der Waals surface area contributed by atoms with Gasteiger partial charge in [0.05, 0.1) is 0 Å². The Morgan fingerprint density at radius 3 is 2.50 bits per heavy atom. The van der Waals surface area contributed by atoms with Crippen LogP contribution in [0.15, 0.2) is 67.0 Å². The maximum atomic E-state index is 13.0. The number of nitrogens with zero attached hydrogens (tertiary/aromatic N) is 3. The fourth-order valence-corrected chi connectivity index (χ4v) is 3.58. The first kappa shape index (κ1) is 20.0. The van der Waals surface area contributed by atoms with Crippen LogP contribution in [0.3, 0.4) is 0 Å². The molecule has 1 aliphatic rings. The number of hydrogen-bond donors (Lipinski definition) is 2. The topological polar surface area (TPSA) is 70.2 Å². The summed E-state index contributed by atoms with van der Waals surface area (Å²) >= 11 is 0. The van der Waals surface area contributed by atoms with Crippen molar-refractivity contribution in [2.75, 3.05) is 18.4 Å². The van der Waals surface area contributed by atoms with Crippen molar-refractivity contribution in [3.63, 3.8) is 0 Å². The van der Waals surface area contributed by atoms with Gasteiger partial charge >= 0.3 is 0 Å². The first-order valence-electron chi connectivity index (χ1n) is 10.1. The lowest BCUT2D eigenvalue weighted by molar-refractivity contribution is 0.0909. The second-order valence-electron chi connectivity index (χ2n) is 7.43. The highest BCUT2D eigenvalue weighted by Gasteiger charge is 2.21. The molecule has 6 nitrogen and oxygen atoms in total. The van der Waals surface area contributed by atoms with Crippen molar-refractivity contribution in [1.82, 2.24) is 20.2 Å². The van der Waals surface area contributed by atoms with E-state index in [0.29, 0.717) is 11.5 Å². The molecule has 2 N–H and O–H groups in total. The number of piperidine rings is 1. The van der Waals surface area contributed by atoms with Crippen molar-refractivity contribution in [1.29, 1.82) is 0 Å². The number of carbonyl (C=O) groups is 1. The van der Waals surface area contributed by atoms with Crippen LogP contribution in [0.1, 0.15) is 28.8 Å². The second-order valence-corrected chi connectivity index (χ2v) is 7.43. The Morgan fingerprint density at radius 1 is 1.03 bits per heavy atom. The standard InChI is InChI=1S/C23H24FN5O/c24-19-7-5-17(6-8-19)16-29-13-9-20(10-14-29)27-22(30)18-3-1-4-21(15-18)28-23-25-11-2-12-26-23/h1-8,11-12,15,20H,9-10,13-14,16H2,(H,27,30)(H,25,26,28). The van der Waals surface area contributed by atoms with E-state index in [1.54, 1.807) is 30.6 Å². The van der Waals surface area contributed by atoms with Crippen LogP contribution in [-0.2, 0) is 6.54 Å². The van der Waals surface area contributed by atoms with E-state index < -0.39 is 0 Å². The molecule has 2 aromatic carbocycles. The predicted octanol–water partition coefficient (Wildman–Crippen LogP) is 3.75. The highest BCUT2D eigenvalue weighted by molar-refractivity contribution is 5.95. The second kappa shape index (κ2) is 9.45. The number of amides is 1. The average molecular weight is 405 g/mol. The van der Waals surface area contributed by atoms with Gasteiger partial charge in [0.1, 0.15) is 5.82 Å². The Kier molecular flexibility index (Phi) is 6.29. The van der Waals surface area contributed by atoms with E-state index >= 15 is 0 Å². The zero-order valence-electron chi connectivity index (χ0n) is 16.6. The zero-order chi connectivity index (χ0) is 20.8. The number of likely N-dealkylation sites (tertiary alicyclic amines) is 1. The van der Waals surface area contributed by atoms with Gasteiger partial charge < -0.3 is 10.6 Å².